The van der Waals surface area contributed by atoms with Crippen LogP contribution in [0.15, 0.2) is 6.20 Å². The Bertz CT molecular complexity index is 416. The molecule has 1 heterocycles. The molecule has 1 aromatic heterocycles. The highest BCUT2D eigenvalue weighted by molar-refractivity contribution is 7.71. The van der Waals surface area contributed by atoms with Crippen molar-refractivity contribution in [2.45, 2.75) is 64.8 Å². The van der Waals surface area contributed by atoms with Crippen molar-refractivity contribution in [3.05, 3.63) is 16.7 Å². The minimum absolute atomic E-state index is 0.545. The first-order chi connectivity index (χ1) is 8.09. The summed E-state index contributed by atoms with van der Waals surface area (Å²) in [4.78, 5) is 3.23. The first-order valence-electron chi connectivity index (χ1n) is 6.89. The normalized spacial score (nSPS) is 26.1. The average molecular weight is 252 g/mol. The van der Waals surface area contributed by atoms with Gasteiger partial charge in [-0.05, 0) is 43.3 Å². The number of aromatic amines is 1. The second-order valence-electron chi connectivity index (χ2n) is 5.81. The SMILES string of the molecule is CC1CCCC(n2c(C(C)C)c[nH]c2=S)CC1. The highest BCUT2D eigenvalue weighted by Crippen LogP contribution is 2.32. The summed E-state index contributed by atoms with van der Waals surface area (Å²) >= 11 is 5.45. The van der Waals surface area contributed by atoms with Gasteiger partial charge in [0.15, 0.2) is 4.77 Å². The molecule has 0 radical (unpaired) electrons. The van der Waals surface area contributed by atoms with E-state index in [4.69, 9.17) is 12.2 Å². The van der Waals surface area contributed by atoms with Gasteiger partial charge in [0.2, 0.25) is 0 Å². The van der Waals surface area contributed by atoms with Crippen molar-refractivity contribution in [3.63, 3.8) is 0 Å². The van der Waals surface area contributed by atoms with Gasteiger partial charge in [0, 0.05) is 17.9 Å². The van der Waals surface area contributed by atoms with Crippen LogP contribution in [0.1, 0.15) is 70.5 Å². The Labute approximate surface area is 109 Å². The topological polar surface area (TPSA) is 20.7 Å². The van der Waals surface area contributed by atoms with Gasteiger partial charge < -0.3 is 9.55 Å². The zero-order chi connectivity index (χ0) is 12.4. The van der Waals surface area contributed by atoms with Gasteiger partial charge in [-0.15, -0.1) is 0 Å². The highest BCUT2D eigenvalue weighted by atomic mass is 32.1. The Balaban J connectivity index is 2.26. The van der Waals surface area contributed by atoms with Gasteiger partial charge in [-0.25, -0.2) is 0 Å². The molecule has 0 bridgehead atoms. The fourth-order valence-electron chi connectivity index (χ4n) is 2.94. The fourth-order valence-corrected chi connectivity index (χ4v) is 3.25. The van der Waals surface area contributed by atoms with Crippen LogP contribution in [0.2, 0.25) is 0 Å². The van der Waals surface area contributed by atoms with Crippen molar-refractivity contribution in [1.29, 1.82) is 0 Å². The molecular weight excluding hydrogens is 228 g/mol. The third kappa shape index (κ3) is 2.82. The van der Waals surface area contributed by atoms with Crippen LogP contribution in [-0.4, -0.2) is 9.55 Å². The molecule has 0 aliphatic heterocycles. The first-order valence-corrected chi connectivity index (χ1v) is 7.30. The molecule has 1 aromatic rings. The van der Waals surface area contributed by atoms with Crippen molar-refractivity contribution in [2.75, 3.05) is 0 Å². The molecule has 0 aromatic carbocycles. The van der Waals surface area contributed by atoms with E-state index in [0.29, 0.717) is 12.0 Å². The smallest absolute Gasteiger partial charge is 0.177 e. The predicted octanol–water partition coefficient (Wildman–Crippen LogP) is 4.81. The molecule has 1 aliphatic carbocycles. The van der Waals surface area contributed by atoms with Crippen LogP contribution in [0.4, 0.5) is 0 Å². The summed E-state index contributed by atoms with van der Waals surface area (Å²) in [6, 6.07) is 0.621. The molecule has 2 rings (SSSR count). The largest absolute Gasteiger partial charge is 0.337 e. The van der Waals surface area contributed by atoms with Crippen LogP contribution in [0.5, 0.6) is 0 Å². The lowest BCUT2D eigenvalue weighted by molar-refractivity contribution is 0.414. The molecule has 0 saturated heterocycles. The molecule has 2 nitrogen and oxygen atoms in total. The molecule has 3 heteroatoms. The van der Waals surface area contributed by atoms with Gasteiger partial charge in [-0.3, -0.25) is 0 Å². The lowest BCUT2D eigenvalue weighted by Gasteiger charge is -2.20. The van der Waals surface area contributed by atoms with Crippen molar-refractivity contribution >= 4 is 12.2 Å². The van der Waals surface area contributed by atoms with Crippen molar-refractivity contribution in [2.24, 2.45) is 5.92 Å². The number of nitrogens with one attached hydrogen (secondary N) is 1. The van der Waals surface area contributed by atoms with E-state index >= 15 is 0 Å². The standard InChI is InChI=1S/C14H24N2S/c1-10(2)13-9-15-14(17)16(13)12-6-4-5-11(3)7-8-12/h9-12H,4-8H2,1-3H3,(H,15,17). The van der Waals surface area contributed by atoms with E-state index in [2.05, 4.69) is 36.5 Å². The van der Waals surface area contributed by atoms with Gasteiger partial charge >= 0.3 is 0 Å². The van der Waals surface area contributed by atoms with Crippen LogP contribution in [0, 0.1) is 10.7 Å². The zero-order valence-corrected chi connectivity index (χ0v) is 12.0. The summed E-state index contributed by atoms with van der Waals surface area (Å²) < 4.78 is 3.30. The van der Waals surface area contributed by atoms with Crippen molar-refractivity contribution in [1.82, 2.24) is 9.55 Å². The quantitative estimate of drug-likeness (QED) is 0.591. The molecule has 1 saturated carbocycles. The molecule has 0 amide bonds. The Morgan fingerprint density at radius 3 is 2.76 bits per heavy atom. The molecule has 2 atom stereocenters. The minimum Gasteiger partial charge on any atom is -0.337 e. The zero-order valence-electron chi connectivity index (χ0n) is 11.2. The predicted molar refractivity (Wildman–Crippen MR) is 75.0 cm³/mol. The third-order valence-corrected chi connectivity index (χ3v) is 4.34. The highest BCUT2D eigenvalue weighted by Gasteiger charge is 2.21. The Hall–Kier alpha value is -0.570. The maximum absolute atomic E-state index is 5.45. The summed E-state index contributed by atoms with van der Waals surface area (Å²) in [6.07, 6.45) is 8.74. The van der Waals surface area contributed by atoms with Gasteiger partial charge in [0.25, 0.3) is 0 Å². The molecular formula is C14H24N2S. The maximum Gasteiger partial charge on any atom is 0.177 e. The summed E-state index contributed by atoms with van der Waals surface area (Å²) in [5.74, 6) is 1.43. The van der Waals surface area contributed by atoms with Gasteiger partial charge in [0.05, 0.1) is 0 Å². The van der Waals surface area contributed by atoms with E-state index in [9.17, 15) is 0 Å². The molecule has 0 spiro atoms. The van der Waals surface area contributed by atoms with Gasteiger partial charge in [-0.1, -0.05) is 33.6 Å². The molecule has 17 heavy (non-hydrogen) atoms. The number of hydrogen-bond donors (Lipinski definition) is 1. The maximum atomic E-state index is 5.45. The van der Waals surface area contributed by atoms with E-state index in [1.54, 1.807) is 0 Å². The van der Waals surface area contributed by atoms with Crippen LogP contribution in [0.25, 0.3) is 0 Å². The molecule has 1 aliphatic rings. The molecule has 96 valence electrons. The minimum atomic E-state index is 0.545. The summed E-state index contributed by atoms with van der Waals surface area (Å²) in [5, 5.41) is 0. The van der Waals surface area contributed by atoms with Gasteiger partial charge in [0.1, 0.15) is 0 Å². The van der Waals surface area contributed by atoms with E-state index in [1.165, 1.54) is 37.8 Å². The summed E-state index contributed by atoms with van der Waals surface area (Å²) in [7, 11) is 0. The van der Waals surface area contributed by atoms with E-state index in [0.717, 1.165) is 10.7 Å². The Morgan fingerprint density at radius 1 is 1.29 bits per heavy atom. The van der Waals surface area contributed by atoms with Crippen molar-refractivity contribution < 1.29 is 0 Å². The fraction of sp³-hybridized carbons (Fsp3) is 0.786. The summed E-state index contributed by atoms with van der Waals surface area (Å²) in [5.41, 5.74) is 1.37. The monoisotopic (exact) mass is 252 g/mol. The van der Waals surface area contributed by atoms with Crippen molar-refractivity contribution in [3.8, 4) is 0 Å². The molecule has 1 N–H and O–H groups in total. The number of H-pyrrole nitrogens is 1. The lowest BCUT2D eigenvalue weighted by Crippen LogP contribution is -2.12. The Kier molecular flexibility index (Phi) is 4.08. The van der Waals surface area contributed by atoms with Crippen LogP contribution in [-0.2, 0) is 0 Å². The molecule has 2 unspecified atom stereocenters. The number of rotatable bonds is 2. The molecule has 1 fully saturated rings. The van der Waals surface area contributed by atoms with Crippen LogP contribution < -0.4 is 0 Å². The number of imidazole rings is 1. The second-order valence-corrected chi connectivity index (χ2v) is 6.20. The Morgan fingerprint density at radius 2 is 2.06 bits per heavy atom. The number of hydrogen-bond acceptors (Lipinski definition) is 1. The van der Waals surface area contributed by atoms with E-state index in [1.807, 2.05) is 0 Å². The average Bonchev–Trinajstić information content (AvgIpc) is 2.52. The lowest BCUT2D eigenvalue weighted by atomic mass is 10.0. The first kappa shape index (κ1) is 12.9. The third-order valence-electron chi connectivity index (χ3n) is 4.02. The van der Waals surface area contributed by atoms with E-state index < -0.39 is 0 Å². The second kappa shape index (κ2) is 5.38. The van der Waals surface area contributed by atoms with E-state index in [-0.39, 0.29) is 0 Å². The number of aromatic nitrogens is 2. The number of nitrogens with zero attached hydrogens (tertiary/aromatic N) is 1. The van der Waals surface area contributed by atoms with Gasteiger partial charge in [-0.2, -0.15) is 0 Å². The summed E-state index contributed by atoms with van der Waals surface area (Å²) in [6.45, 7) is 6.86. The van der Waals surface area contributed by atoms with Crippen LogP contribution in [0.3, 0.4) is 0 Å². The van der Waals surface area contributed by atoms with Crippen LogP contribution >= 0.6 is 12.2 Å².